The molecule has 1 rings (SSSR count). The van der Waals surface area contributed by atoms with Crippen molar-refractivity contribution in [3.8, 4) is 0 Å². The molecule has 1 aromatic carbocycles. The predicted molar refractivity (Wildman–Crippen MR) is 55.8 cm³/mol. The van der Waals surface area contributed by atoms with Crippen LogP contribution in [0.15, 0.2) is 24.3 Å². The summed E-state index contributed by atoms with van der Waals surface area (Å²) in [4.78, 5) is 0. The molecule has 1 nitrogen and oxygen atoms in total. The van der Waals surface area contributed by atoms with Crippen LogP contribution in [-0.4, -0.2) is 5.11 Å². The Balaban J connectivity index is 3.06. The minimum absolute atomic E-state index is 0.158. The highest BCUT2D eigenvalue weighted by atomic mass is 16.3. The Morgan fingerprint density at radius 3 is 2.31 bits per heavy atom. The highest BCUT2D eigenvalue weighted by Gasteiger charge is 2.14. The lowest BCUT2D eigenvalue weighted by Crippen LogP contribution is -2.11. The zero-order valence-electron chi connectivity index (χ0n) is 8.83. The average Bonchev–Trinajstić information content (AvgIpc) is 2.03. The van der Waals surface area contributed by atoms with Gasteiger partial charge in [-0.15, -0.1) is 0 Å². The van der Waals surface area contributed by atoms with Gasteiger partial charge in [-0.1, -0.05) is 45.0 Å². The van der Waals surface area contributed by atoms with Crippen LogP contribution in [0, 0.1) is 0 Å². The standard InChI is InChI=1S/C12H18O/c1-9(13)10-6-5-7-11(8-10)12(2,3)4/h5-9,13H,1-4H3/t9-/m0/s1. The van der Waals surface area contributed by atoms with E-state index in [0.717, 1.165) is 5.56 Å². The van der Waals surface area contributed by atoms with Gasteiger partial charge in [0.25, 0.3) is 0 Å². The van der Waals surface area contributed by atoms with Gasteiger partial charge in [0.05, 0.1) is 6.10 Å². The number of hydrogen-bond acceptors (Lipinski definition) is 1. The smallest absolute Gasteiger partial charge is 0.0762 e. The molecule has 1 heteroatoms. The summed E-state index contributed by atoms with van der Waals surface area (Å²) < 4.78 is 0. The van der Waals surface area contributed by atoms with Gasteiger partial charge in [-0.2, -0.15) is 0 Å². The van der Waals surface area contributed by atoms with E-state index in [9.17, 15) is 5.11 Å². The molecule has 0 bridgehead atoms. The molecule has 0 spiro atoms. The molecule has 0 unspecified atom stereocenters. The summed E-state index contributed by atoms with van der Waals surface area (Å²) in [6.07, 6.45) is -0.373. The molecule has 1 N–H and O–H groups in total. The maximum Gasteiger partial charge on any atom is 0.0762 e. The Morgan fingerprint density at radius 1 is 1.23 bits per heavy atom. The van der Waals surface area contributed by atoms with Crippen molar-refractivity contribution in [3.05, 3.63) is 35.4 Å². The highest BCUT2D eigenvalue weighted by Crippen LogP contribution is 2.24. The van der Waals surface area contributed by atoms with Gasteiger partial charge in [-0.25, -0.2) is 0 Å². The molecule has 0 aromatic heterocycles. The second-order valence-corrected chi connectivity index (χ2v) is 4.55. The first kappa shape index (κ1) is 10.3. The highest BCUT2D eigenvalue weighted by molar-refractivity contribution is 5.29. The fourth-order valence-corrected chi connectivity index (χ4v) is 1.27. The molecule has 0 heterocycles. The van der Waals surface area contributed by atoms with Crippen LogP contribution in [0.3, 0.4) is 0 Å². The van der Waals surface area contributed by atoms with E-state index >= 15 is 0 Å². The zero-order valence-corrected chi connectivity index (χ0v) is 8.83. The van der Waals surface area contributed by atoms with Crippen molar-refractivity contribution in [1.82, 2.24) is 0 Å². The molecule has 0 fully saturated rings. The van der Waals surface area contributed by atoms with Crippen molar-refractivity contribution in [2.24, 2.45) is 0 Å². The van der Waals surface area contributed by atoms with Crippen LogP contribution in [0.4, 0.5) is 0 Å². The Bertz CT molecular complexity index is 281. The molecule has 0 aliphatic carbocycles. The first-order valence-electron chi connectivity index (χ1n) is 4.70. The third-order valence-electron chi connectivity index (χ3n) is 2.24. The van der Waals surface area contributed by atoms with E-state index in [2.05, 4.69) is 32.9 Å². The SMILES string of the molecule is C[C@H](O)c1cccc(C(C)(C)C)c1. The average molecular weight is 178 g/mol. The molecule has 0 saturated heterocycles. The Kier molecular flexibility index (Phi) is 2.77. The predicted octanol–water partition coefficient (Wildman–Crippen LogP) is 3.04. The molecule has 1 aromatic rings. The molecular formula is C12H18O. The molecule has 0 aliphatic heterocycles. The molecule has 0 saturated carbocycles. The van der Waals surface area contributed by atoms with E-state index in [0.29, 0.717) is 0 Å². The number of aliphatic hydroxyl groups is 1. The molecule has 0 aliphatic rings. The Hall–Kier alpha value is -0.820. The molecular weight excluding hydrogens is 160 g/mol. The van der Waals surface area contributed by atoms with Crippen LogP contribution in [0.2, 0.25) is 0 Å². The van der Waals surface area contributed by atoms with Crippen molar-refractivity contribution in [2.75, 3.05) is 0 Å². The van der Waals surface area contributed by atoms with Crippen LogP contribution in [0.1, 0.15) is 44.9 Å². The van der Waals surface area contributed by atoms with Crippen molar-refractivity contribution in [3.63, 3.8) is 0 Å². The summed E-state index contributed by atoms with van der Waals surface area (Å²) in [6.45, 7) is 8.32. The summed E-state index contributed by atoms with van der Waals surface area (Å²) in [5.74, 6) is 0. The van der Waals surface area contributed by atoms with E-state index in [1.165, 1.54) is 5.56 Å². The largest absolute Gasteiger partial charge is 0.389 e. The van der Waals surface area contributed by atoms with E-state index in [-0.39, 0.29) is 11.5 Å². The topological polar surface area (TPSA) is 20.2 Å². The minimum Gasteiger partial charge on any atom is -0.389 e. The van der Waals surface area contributed by atoms with Gasteiger partial charge in [0.15, 0.2) is 0 Å². The van der Waals surface area contributed by atoms with Gasteiger partial charge in [0, 0.05) is 0 Å². The number of hydrogen-bond donors (Lipinski definition) is 1. The van der Waals surface area contributed by atoms with E-state index in [1.807, 2.05) is 12.1 Å². The van der Waals surface area contributed by atoms with Crippen molar-refractivity contribution >= 4 is 0 Å². The van der Waals surface area contributed by atoms with Gasteiger partial charge in [0.1, 0.15) is 0 Å². The molecule has 0 radical (unpaired) electrons. The lowest BCUT2D eigenvalue weighted by Gasteiger charge is -2.20. The lowest BCUT2D eigenvalue weighted by atomic mass is 9.86. The Labute approximate surface area is 80.4 Å². The van der Waals surface area contributed by atoms with Crippen LogP contribution in [0.25, 0.3) is 0 Å². The fourth-order valence-electron chi connectivity index (χ4n) is 1.27. The minimum atomic E-state index is -0.373. The van der Waals surface area contributed by atoms with Gasteiger partial charge < -0.3 is 5.11 Å². The van der Waals surface area contributed by atoms with E-state index in [1.54, 1.807) is 6.92 Å². The summed E-state index contributed by atoms with van der Waals surface area (Å²) >= 11 is 0. The maximum atomic E-state index is 9.41. The number of rotatable bonds is 1. The van der Waals surface area contributed by atoms with Gasteiger partial charge in [0.2, 0.25) is 0 Å². The third-order valence-corrected chi connectivity index (χ3v) is 2.24. The molecule has 1 atom stereocenters. The first-order chi connectivity index (χ1) is 5.91. The van der Waals surface area contributed by atoms with Crippen molar-refractivity contribution in [2.45, 2.75) is 39.2 Å². The maximum absolute atomic E-state index is 9.41. The second kappa shape index (κ2) is 3.51. The second-order valence-electron chi connectivity index (χ2n) is 4.55. The van der Waals surface area contributed by atoms with E-state index in [4.69, 9.17) is 0 Å². The summed E-state index contributed by atoms with van der Waals surface area (Å²) in [7, 11) is 0. The number of aliphatic hydroxyl groups excluding tert-OH is 1. The molecule has 72 valence electrons. The first-order valence-corrected chi connectivity index (χ1v) is 4.70. The van der Waals surface area contributed by atoms with Gasteiger partial charge in [-0.3, -0.25) is 0 Å². The number of benzene rings is 1. The van der Waals surface area contributed by atoms with Gasteiger partial charge in [-0.05, 0) is 23.5 Å². The zero-order chi connectivity index (χ0) is 10.1. The van der Waals surface area contributed by atoms with Crippen LogP contribution >= 0.6 is 0 Å². The lowest BCUT2D eigenvalue weighted by molar-refractivity contribution is 0.199. The van der Waals surface area contributed by atoms with Crippen LogP contribution in [-0.2, 0) is 5.41 Å². The summed E-state index contributed by atoms with van der Waals surface area (Å²) in [5.41, 5.74) is 2.42. The summed E-state index contributed by atoms with van der Waals surface area (Å²) in [5, 5.41) is 9.41. The molecule has 0 amide bonds. The van der Waals surface area contributed by atoms with Crippen LogP contribution < -0.4 is 0 Å². The third kappa shape index (κ3) is 2.56. The van der Waals surface area contributed by atoms with Crippen LogP contribution in [0.5, 0.6) is 0 Å². The molecule has 13 heavy (non-hydrogen) atoms. The Morgan fingerprint density at radius 2 is 1.85 bits per heavy atom. The monoisotopic (exact) mass is 178 g/mol. The fraction of sp³-hybridized carbons (Fsp3) is 0.500. The van der Waals surface area contributed by atoms with Crippen molar-refractivity contribution in [1.29, 1.82) is 0 Å². The normalized spacial score (nSPS) is 14.2. The van der Waals surface area contributed by atoms with E-state index < -0.39 is 0 Å². The quantitative estimate of drug-likeness (QED) is 0.700. The van der Waals surface area contributed by atoms with Crippen molar-refractivity contribution < 1.29 is 5.11 Å². The van der Waals surface area contributed by atoms with Gasteiger partial charge >= 0.3 is 0 Å². The summed E-state index contributed by atoms with van der Waals surface area (Å²) in [6, 6.07) is 8.14.